The van der Waals surface area contributed by atoms with E-state index in [2.05, 4.69) is 0 Å². The molecule has 0 saturated heterocycles. The van der Waals surface area contributed by atoms with Crippen molar-refractivity contribution in [3.8, 4) is 0 Å². The highest BCUT2D eigenvalue weighted by Crippen LogP contribution is 2.44. The van der Waals surface area contributed by atoms with Crippen LogP contribution < -0.4 is 0 Å². The van der Waals surface area contributed by atoms with Gasteiger partial charge in [-0.1, -0.05) is 27.7 Å². The topological polar surface area (TPSA) is 88.1 Å². The number of carbonyl (C=O) groups is 2. The van der Waals surface area contributed by atoms with Gasteiger partial charge in [-0.2, -0.15) is 0 Å². The minimum absolute atomic E-state index is 0.307. The molecule has 0 heterocycles. The molecule has 0 bridgehead atoms. The lowest BCUT2D eigenvalue weighted by atomic mass is 9.92. The number of ether oxygens (including phenoxy) is 2. The smallest absolute Gasteiger partial charge is 0.466 e. The summed E-state index contributed by atoms with van der Waals surface area (Å²) in [7, 11) is -2.31. The molecule has 0 N–H and O–H groups in total. The molecule has 0 aromatic rings. The zero-order valence-electron chi connectivity index (χ0n) is 18.4. The van der Waals surface area contributed by atoms with Gasteiger partial charge in [0.1, 0.15) is 11.2 Å². The molecule has 0 atom stereocenters. The Balaban J connectivity index is 4.83. The Kier molecular flexibility index (Phi) is 13.5. The van der Waals surface area contributed by atoms with Crippen LogP contribution in [0.4, 0.5) is 0 Å². The summed E-state index contributed by atoms with van der Waals surface area (Å²) in [5.41, 5.74) is -1.14. The quantitative estimate of drug-likeness (QED) is 0.185. The molecule has 28 heavy (non-hydrogen) atoms. The van der Waals surface area contributed by atoms with Crippen molar-refractivity contribution in [2.24, 2.45) is 0 Å². The Morgan fingerprint density at radius 3 is 1.29 bits per heavy atom. The maximum absolute atomic E-state index is 12.7. The number of carbonyl (C=O) groups excluding carboxylic acids is 2. The zero-order valence-corrected chi connectivity index (χ0v) is 19.3. The number of hydrogen-bond donors (Lipinski definition) is 0. The van der Waals surface area contributed by atoms with Crippen LogP contribution in [0, 0.1) is 0 Å². The number of esters is 2. The number of rotatable bonds is 16. The predicted molar refractivity (Wildman–Crippen MR) is 108 cm³/mol. The van der Waals surface area contributed by atoms with Gasteiger partial charge >= 0.3 is 20.2 Å². The first kappa shape index (κ1) is 27.0. The van der Waals surface area contributed by atoms with Crippen LogP contribution >= 0.6 is 8.25 Å². The van der Waals surface area contributed by atoms with Gasteiger partial charge in [-0.15, -0.1) is 9.05 Å². The third kappa shape index (κ3) is 10.5. The van der Waals surface area contributed by atoms with E-state index in [1.54, 1.807) is 0 Å². The van der Waals surface area contributed by atoms with Crippen LogP contribution in [0.3, 0.4) is 0 Å². The van der Waals surface area contributed by atoms with Crippen molar-refractivity contribution < 1.29 is 32.7 Å². The van der Waals surface area contributed by atoms with Gasteiger partial charge in [0.25, 0.3) is 0 Å². The standard InChI is InChI=1S/C20H38O7P/c1-7-19(8-2,13-11-15-24-17(5)21)26-28(23)27-20(9-3,10-4)14-12-16-25-18(6)22/h7-16H2,1-6H3/q+1. The second kappa shape index (κ2) is 14.0. The molecule has 0 unspecified atom stereocenters. The van der Waals surface area contributed by atoms with E-state index in [-0.39, 0.29) is 11.9 Å². The molecule has 0 spiro atoms. The van der Waals surface area contributed by atoms with Gasteiger partial charge in [-0.25, -0.2) is 0 Å². The molecular formula is C20H38O7P+. The van der Waals surface area contributed by atoms with Gasteiger partial charge in [0.2, 0.25) is 0 Å². The Bertz CT molecular complexity index is 443. The van der Waals surface area contributed by atoms with Crippen molar-refractivity contribution in [3.05, 3.63) is 0 Å². The average Bonchev–Trinajstić information content (AvgIpc) is 2.66. The molecule has 8 heteroatoms. The van der Waals surface area contributed by atoms with Gasteiger partial charge in [-0.3, -0.25) is 9.59 Å². The van der Waals surface area contributed by atoms with Crippen molar-refractivity contribution in [1.29, 1.82) is 0 Å². The van der Waals surface area contributed by atoms with Crippen LogP contribution in [-0.4, -0.2) is 36.4 Å². The van der Waals surface area contributed by atoms with Crippen molar-refractivity contribution in [1.82, 2.24) is 0 Å². The molecule has 0 radical (unpaired) electrons. The Hall–Kier alpha value is -1.04. The molecule has 164 valence electrons. The molecule has 0 aromatic carbocycles. The molecule has 0 rings (SSSR count). The minimum Gasteiger partial charge on any atom is -0.466 e. The summed E-state index contributed by atoms with van der Waals surface area (Å²) in [6.07, 6.45) is 5.29. The lowest BCUT2D eigenvalue weighted by Gasteiger charge is -2.28. The van der Waals surface area contributed by atoms with Crippen LogP contribution in [0.2, 0.25) is 0 Å². The summed E-state index contributed by atoms with van der Waals surface area (Å²) in [6, 6.07) is 0. The van der Waals surface area contributed by atoms with Crippen molar-refractivity contribution in [2.75, 3.05) is 13.2 Å². The fourth-order valence-corrected chi connectivity index (χ4v) is 4.48. The molecule has 0 aromatic heterocycles. The Morgan fingerprint density at radius 2 is 1.04 bits per heavy atom. The molecule has 0 aliphatic heterocycles. The number of hydrogen-bond acceptors (Lipinski definition) is 7. The van der Waals surface area contributed by atoms with Gasteiger partial charge in [0, 0.05) is 18.4 Å². The van der Waals surface area contributed by atoms with Crippen molar-refractivity contribution in [3.63, 3.8) is 0 Å². The van der Waals surface area contributed by atoms with Gasteiger partial charge < -0.3 is 9.47 Å². The van der Waals surface area contributed by atoms with Crippen LogP contribution in [0.15, 0.2) is 0 Å². The van der Waals surface area contributed by atoms with Gasteiger partial charge in [-0.05, 0) is 51.4 Å². The van der Waals surface area contributed by atoms with E-state index < -0.39 is 19.5 Å². The van der Waals surface area contributed by atoms with E-state index in [1.807, 2.05) is 27.7 Å². The fraction of sp³-hybridized carbons (Fsp3) is 0.900. The van der Waals surface area contributed by atoms with E-state index in [9.17, 15) is 14.2 Å². The summed E-state index contributed by atoms with van der Waals surface area (Å²) in [6.45, 7) is 11.4. The lowest BCUT2D eigenvalue weighted by Crippen LogP contribution is -2.33. The maximum Gasteiger partial charge on any atom is 0.698 e. The second-order valence-electron chi connectivity index (χ2n) is 7.07. The lowest BCUT2D eigenvalue weighted by molar-refractivity contribution is -0.142. The van der Waals surface area contributed by atoms with Crippen LogP contribution in [0.25, 0.3) is 0 Å². The highest BCUT2D eigenvalue weighted by Gasteiger charge is 2.44. The van der Waals surface area contributed by atoms with Crippen LogP contribution in [0.1, 0.15) is 92.9 Å². The minimum atomic E-state index is -2.31. The molecule has 0 amide bonds. The molecular weight excluding hydrogens is 383 g/mol. The summed E-state index contributed by atoms with van der Waals surface area (Å²) in [5.74, 6) is -0.614. The summed E-state index contributed by atoms with van der Waals surface area (Å²) in [5, 5.41) is 0. The summed E-state index contributed by atoms with van der Waals surface area (Å²) in [4.78, 5) is 21.8. The molecule has 7 nitrogen and oxygen atoms in total. The third-order valence-electron chi connectivity index (χ3n) is 5.28. The Morgan fingerprint density at radius 1 is 0.714 bits per heavy atom. The van der Waals surface area contributed by atoms with E-state index in [4.69, 9.17) is 18.5 Å². The van der Waals surface area contributed by atoms with Crippen molar-refractivity contribution >= 4 is 20.2 Å². The van der Waals surface area contributed by atoms with E-state index in [0.717, 1.165) is 0 Å². The van der Waals surface area contributed by atoms with Crippen LogP contribution in [-0.2, 0) is 32.7 Å². The monoisotopic (exact) mass is 421 g/mol. The second-order valence-corrected chi connectivity index (χ2v) is 7.89. The first-order valence-electron chi connectivity index (χ1n) is 10.3. The fourth-order valence-electron chi connectivity index (χ4n) is 3.11. The van der Waals surface area contributed by atoms with E-state index in [1.165, 1.54) is 13.8 Å². The molecule has 0 saturated carbocycles. The summed E-state index contributed by atoms with van der Waals surface area (Å²) < 4.78 is 34.5. The highest BCUT2D eigenvalue weighted by atomic mass is 31.1. The van der Waals surface area contributed by atoms with Gasteiger partial charge in [0.05, 0.1) is 13.2 Å². The average molecular weight is 421 g/mol. The maximum atomic E-state index is 12.7. The predicted octanol–water partition coefficient (Wildman–Crippen LogP) is 5.48. The third-order valence-corrected chi connectivity index (χ3v) is 6.35. The first-order valence-corrected chi connectivity index (χ1v) is 11.4. The van der Waals surface area contributed by atoms with Gasteiger partial charge in [0.15, 0.2) is 0 Å². The van der Waals surface area contributed by atoms with E-state index >= 15 is 0 Å². The van der Waals surface area contributed by atoms with Crippen LogP contribution in [0.5, 0.6) is 0 Å². The zero-order chi connectivity index (χ0) is 21.6. The largest absolute Gasteiger partial charge is 0.698 e. The van der Waals surface area contributed by atoms with Crippen molar-refractivity contribution in [2.45, 2.75) is 104 Å². The molecule has 0 aliphatic rings. The SMILES string of the molecule is CCC(CC)(CCCOC(C)=O)O[P+](=O)OC(CC)(CC)CCCOC(C)=O. The van der Waals surface area contributed by atoms with E-state index in [0.29, 0.717) is 64.6 Å². The summed E-state index contributed by atoms with van der Waals surface area (Å²) >= 11 is 0. The normalized spacial score (nSPS) is 11.9. The highest BCUT2D eigenvalue weighted by molar-refractivity contribution is 7.33. The molecule has 0 aliphatic carbocycles. The molecule has 0 fully saturated rings. The first-order chi connectivity index (χ1) is 13.2. The Labute approximate surface area is 170 Å².